The Morgan fingerprint density at radius 1 is 1.40 bits per heavy atom. The smallest absolute Gasteiger partial charge is 0.351 e. The highest BCUT2D eigenvalue weighted by molar-refractivity contribution is 5.67. The lowest BCUT2D eigenvalue weighted by atomic mass is 10.1. The van der Waals surface area contributed by atoms with Crippen LogP contribution in [0.3, 0.4) is 0 Å². The third-order valence-corrected chi connectivity index (χ3v) is 2.42. The van der Waals surface area contributed by atoms with Gasteiger partial charge in [-0.25, -0.2) is 4.79 Å². The Morgan fingerprint density at radius 3 is 2.60 bits per heavy atom. The van der Waals surface area contributed by atoms with Crippen molar-refractivity contribution in [3.63, 3.8) is 0 Å². The summed E-state index contributed by atoms with van der Waals surface area (Å²) in [6, 6.07) is 0.337. The first kappa shape index (κ1) is 12.3. The Balaban J connectivity index is 2.36. The maximum absolute atomic E-state index is 11.5. The maximum atomic E-state index is 11.5. The summed E-state index contributed by atoms with van der Waals surface area (Å²) in [6.07, 6.45) is 3.08. The molecule has 0 bridgehead atoms. The van der Waals surface area contributed by atoms with Crippen LogP contribution in [0.5, 0.6) is 0 Å². The lowest BCUT2D eigenvalue weighted by Gasteiger charge is -2.32. The van der Waals surface area contributed by atoms with E-state index in [-0.39, 0.29) is 11.6 Å². The molecule has 0 saturated carbocycles. The average Bonchev–Trinajstić information content (AvgIpc) is 2.05. The molecule has 1 amide bonds. The van der Waals surface area contributed by atoms with E-state index >= 15 is 0 Å². The van der Waals surface area contributed by atoms with Gasteiger partial charge in [0.15, 0.2) is 0 Å². The summed E-state index contributed by atoms with van der Waals surface area (Å²) >= 11 is 0. The van der Waals surface area contributed by atoms with Crippen LogP contribution in [0.2, 0.25) is 0 Å². The lowest BCUT2D eigenvalue weighted by Crippen LogP contribution is -2.46. The Bertz CT molecular complexity index is 223. The SMILES string of the molecule is CC1CCCCN1OC(=O)NC(C)(C)C. The van der Waals surface area contributed by atoms with E-state index in [0.717, 1.165) is 19.4 Å². The molecule has 1 saturated heterocycles. The Labute approximate surface area is 91.9 Å². The molecule has 1 atom stereocenters. The van der Waals surface area contributed by atoms with Crippen molar-refractivity contribution in [2.75, 3.05) is 6.54 Å². The minimum atomic E-state index is -0.351. The zero-order valence-corrected chi connectivity index (χ0v) is 10.2. The zero-order valence-electron chi connectivity index (χ0n) is 10.2. The number of carbonyl (C=O) groups excluding carboxylic acids is 1. The van der Waals surface area contributed by atoms with Crippen molar-refractivity contribution in [3.05, 3.63) is 0 Å². The molecule has 0 aromatic rings. The van der Waals surface area contributed by atoms with Crippen LogP contribution in [0.15, 0.2) is 0 Å². The largest absolute Gasteiger partial charge is 0.426 e. The van der Waals surface area contributed by atoms with Crippen LogP contribution >= 0.6 is 0 Å². The van der Waals surface area contributed by atoms with Crippen molar-refractivity contribution < 1.29 is 9.63 Å². The standard InChI is InChI=1S/C11H22N2O2/c1-9-7-5-6-8-13(9)15-10(14)12-11(2,3)4/h9H,5-8H2,1-4H3,(H,12,14). The molecule has 0 aliphatic carbocycles. The van der Waals surface area contributed by atoms with Crippen LogP contribution < -0.4 is 5.32 Å². The minimum absolute atomic E-state index is 0.240. The molecule has 1 rings (SSSR count). The van der Waals surface area contributed by atoms with Gasteiger partial charge < -0.3 is 10.2 Å². The Kier molecular flexibility index (Phi) is 3.97. The molecule has 0 aromatic heterocycles. The topological polar surface area (TPSA) is 41.6 Å². The number of hydrogen-bond donors (Lipinski definition) is 1. The first-order valence-electron chi connectivity index (χ1n) is 5.65. The second-order valence-corrected chi connectivity index (χ2v) is 5.24. The predicted octanol–water partition coefficient (Wildman–Crippen LogP) is 2.30. The first-order valence-corrected chi connectivity index (χ1v) is 5.65. The number of rotatable bonds is 1. The van der Waals surface area contributed by atoms with Crippen LogP contribution in [0.4, 0.5) is 4.79 Å². The van der Waals surface area contributed by atoms with Gasteiger partial charge in [-0.15, -0.1) is 5.06 Å². The molecule has 4 nitrogen and oxygen atoms in total. The van der Waals surface area contributed by atoms with Crippen LogP contribution in [0.25, 0.3) is 0 Å². The summed E-state index contributed by atoms with van der Waals surface area (Å²) < 4.78 is 0. The van der Waals surface area contributed by atoms with E-state index in [1.807, 2.05) is 20.8 Å². The molecule has 1 heterocycles. The molecule has 1 N–H and O–H groups in total. The molecule has 1 aliphatic rings. The van der Waals surface area contributed by atoms with Gasteiger partial charge in [0.25, 0.3) is 0 Å². The highest BCUT2D eigenvalue weighted by Crippen LogP contribution is 2.16. The molecule has 88 valence electrons. The molecule has 15 heavy (non-hydrogen) atoms. The van der Waals surface area contributed by atoms with E-state index in [4.69, 9.17) is 4.84 Å². The third-order valence-electron chi connectivity index (χ3n) is 2.42. The van der Waals surface area contributed by atoms with Gasteiger partial charge in [0.05, 0.1) is 0 Å². The number of amides is 1. The number of nitrogens with one attached hydrogen (secondary N) is 1. The average molecular weight is 214 g/mol. The van der Waals surface area contributed by atoms with Gasteiger partial charge in [-0.1, -0.05) is 6.42 Å². The lowest BCUT2D eigenvalue weighted by molar-refractivity contribution is -0.141. The van der Waals surface area contributed by atoms with Crippen molar-refractivity contribution in [2.45, 2.75) is 58.5 Å². The highest BCUT2D eigenvalue weighted by atomic mass is 16.7. The van der Waals surface area contributed by atoms with Crippen molar-refractivity contribution in [2.24, 2.45) is 0 Å². The molecule has 0 aromatic carbocycles. The fourth-order valence-corrected chi connectivity index (χ4v) is 1.64. The summed E-state index contributed by atoms with van der Waals surface area (Å²) in [4.78, 5) is 16.8. The van der Waals surface area contributed by atoms with E-state index < -0.39 is 0 Å². The van der Waals surface area contributed by atoms with Crippen molar-refractivity contribution in [3.8, 4) is 0 Å². The highest BCUT2D eigenvalue weighted by Gasteiger charge is 2.23. The van der Waals surface area contributed by atoms with Crippen molar-refractivity contribution in [1.82, 2.24) is 10.4 Å². The number of piperidine rings is 1. The van der Waals surface area contributed by atoms with Crippen LogP contribution in [-0.2, 0) is 4.84 Å². The van der Waals surface area contributed by atoms with Crippen LogP contribution in [0.1, 0.15) is 47.0 Å². The molecule has 0 radical (unpaired) electrons. The fraction of sp³-hybridized carbons (Fsp3) is 0.909. The van der Waals surface area contributed by atoms with Gasteiger partial charge in [0, 0.05) is 18.1 Å². The summed E-state index contributed by atoms with van der Waals surface area (Å²) in [6.45, 7) is 8.75. The fourth-order valence-electron chi connectivity index (χ4n) is 1.64. The molecule has 4 heteroatoms. The molecule has 0 spiro atoms. The predicted molar refractivity (Wildman–Crippen MR) is 59.4 cm³/mol. The molecular weight excluding hydrogens is 192 g/mol. The quantitative estimate of drug-likeness (QED) is 0.728. The Morgan fingerprint density at radius 2 is 2.07 bits per heavy atom. The number of hydrogen-bond acceptors (Lipinski definition) is 3. The first-order chi connectivity index (χ1) is 6.88. The van der Waals surface area contributed by atoms with E-state index in [9.17, 15) is 4.79 Å². The van der Waals surface area contributed by atoms with Crippen molar-refractivity contribution >= 4 is 6.09 Å². The second-order valence-electron chi connectivity index (χ2n) is 5.24. The van der Waals surface area contributed by atoms with Gasteiger partial charge in [-0.2, -0.15) is 0 Å². The van der Waals surface area contributed by atoms with Crippen LogP contribution in [-0.4, -0.2) is 29.3 Å². The number of nitrogens with zero attached hydrogens (tertiary/aromatic N) is 1. The van der Waals surface area contributed by atoms with E-state index in [2.05, 4.69) is 12.2 Å². The summed E-state index contributed by atoms with van der Waals surface area (Å²) in [5.74, 6) is 0. The monoisotopic (exact) mass is 214 g/mol. The minimum Gasteiger partial charge on any atom is -0.351 e. The van der Waals surface area contributed by atoms with Gasteiger partial charge in [0.2, 0.25) is 0 Å². The zero-order chi connectivity index (χ0) is 11.5. The maximum Gasteiger partial charge on any atom is 0.426 e. The molecule has 1 fully saturated rings. The van der Waals surface area contributed by atoms with Crippen molar-refractivity contribution in [1.29, 1.82) is 0 Å². The third kappa shape index (κ3) is 4.51. The molecule has 1 unspecified atom stereocenters. The van der Waals surface area contributed by atoms with Gasteiger partial charge in [-0.3, -0.25) is 0 Å². The summed E-state index contributed by atoms with van der Waals surface area (Å²) in [5.41, 5.74) is -0.240. The number of carbonyl (C=O) groups is 1. The summed E-state index contributed by atoms with van der Waals surface area (Å²) in [7, 11) is 0. The van der Waals surface area contributed by atoms with E-state index in [1.54, 1.807) is 5.06 Å². The van der Waals surface area contributed by atoms with Gasteiger partial charge >= 0.3 is 6.09 Å². The van der Waals surface area contributed by atoms with E-state index in [1.165, 1.54) is 6.42 Å². The number of hydroxylamine groups is 2. The molecular formula is C11H22N2O2. The van der Waals surface area contributed by atoms with E-state index in [0.29, 0.717) is 6.04 Å². The molecule has 1 aliphatic heterocycles. The second kappa shape index (κ2) is 4.84. The normalized spacial score (nSPS) is 23.6. The van der Waals surface area contributed by atoms with Gasteiger partial charge in [-0.05, 0) is 40.5 Å². The van der Waals surface area contributed by atoms with Gasteiger partial charge in [0.1, 0.15) is 0 Å². The summed E-state index contributed by atoms with van der Waals surface area (Å²) in [5, 5.41) is 4.57. The Hall–Kier alpha value is -0.770. The van der Waals surface area contributed by atoms with Crippen LogP contribution in [0, 0.1) is 0 Å².